The van der Waals surface area contributed by atoms with Gasteiger partial charge in [0.25, 0.3) is 0 Å². The molecule has 0 aliphatic heterocycles. The van der Waals surface area contributed by atoms with Gasteiger partial charge in [-0.15, -0.1) is 0 Å². The van der Waals surface area contributed by atoms with Crippen molar-refractivity contribution in [2.24, 2.45) is 0 Å². The van der Waals surface area contributed by atoms with E-state index in [0.29, 0.717) is 34.1 Å². The fourth-order valence-electron chi connectivity index (χ4n) is 3.48. The number of phenolic OH excluding ortho intramolecular Hbond substituents is 1. The van der Waals surface area contributed by atoms with E-state index in [1.54, 1.807) is 42.5 Å². The quantitative estimate of drug-likeness (QED) is 0.106. The van der Waals surface area contributed by atoms with Crippen LogP contribution in [0.3, 0.4) is 0 Å². The third kappa shape index (κ3) is 7.40. The highest BCUT2D eigenvalue weighted by atomic mass is 16.3. The molecule has 0 bridgehead atoms. The summed E-state index contributed by atoms with van der Waals surface area (Å²) in [5.74, 6) is -0.591. The third-order valence-corrected chi connectivity index (χ3v) is 5.60. The molecular weight excluding hydrogens is 492 g/mol. The molecule has 4 aromatic rings. The number of benzene rings is 4. The molecule has 0 radical (unpaired) electrons. The number of carbonyl (C=O) groups is 2. The van der Waals surface area contributed by atoms with Gasteiger partial charge in [0, 0.05) is 5.69 Å². The molecule has 0 saturated carbocycles. The number of aromatic hydroxyl groups is 1. The Hall–Kier alpha value is -5.70. The lowest BCUT2D eigenvalue weighted by Crippen LogP contribution is -2.09. The molecule has 0 aliphatic rings. The molecule has 0 heterocycles. The van der Waals surface area contributed by atoms with E-state index in [9.17, 15) is 14.7 Å². The summed E-state index contributed by atoms with van der Waals surface area (Å²) in [5.41, 5.74) is 29.6. The van der Waals surface area contributed by atoms with Crippen molar-refractivity contribution >= 4 is 45.9 Å². The summed E-state index contributed by atoms with van der Waals surface area (Å²) < 4.78 is 0. The standard InChI is InChI=1S/C15H15N3O2.C15H15N3O/c1-2-15(20)18-13-6-4-9(7-12(13)17)10-3-5-11(16)14(19)8-10;1-2-15(19)18-14-8-5-11(9-13(14)17)10-3-6-12(16)7-4-10/h2-8,19H,1,16-17H2,(H,18,20);2-9H,1,16-17H2,(H,18,19). The lowest BCUT2D eigenvalue weighted by Gasteiger charge is -2.10. The van der Waals surface area contributed by atoms with Crippen LogP contribution in [0.4, 0.5) is 34.1 Å². The summed E-state index contributed by atoms with van der Waals surface area (Å²) in [4.78, 5) is 22.5. The molecule has 0 atom stereocenters. The van der Waals surface area contributed by atoms with Gasteiger partial charge in [0.1, 0.15) is 5.75 Å². The smallest absolute Gasteiger partial charge is 0.247 e. The van der Waals surface area contributed by atoms with Gasteiger partial charge in [0.2, 0.25) is 11.8 Å². The molecule has 11 N–H and O–H groups in total. The minimum absolute atomic E-state index is 0.0186. The van der Waals surface area contributed by atoms with E-state index < -0.39 is 0 Å². The topological polar surface area (TPSA) is 183 Å². The Balaban J connectivity index is 0.000000216. The molecule has 0 aliphatic carbocycles. The molecule has 9 heteroatoms. The first kappa shape index (κ1) is 27.9. The second-order valence-electron chi connectivity index (χ2n) is 8.39. The summed E-state index contributed by atoms with van der Waals surface area (Å²) in [6, 6.07) is 23.1. The first-order chi connectivity index (χ1) is 18.6. The van der Waals surface area contributed by atoms with Gasteiger partial charge >= 0.3 is 0 Å². The van der Waals surface area contributed by atoms with Crippen LogP contribution in [0.2, 0.25) is 0 Å². The van der Waals surface area contributed by atoms with Crippen molar-refractivity contribution in [3.63, 3.8) is 0 Å². The zero-order valence-electron chi connectivity index (χ0n) is 21.1. The second-order valence-corrected chi connectivity index (χ2v) is 8.39. The van der Waals surface area contributed by atoms with Crippen molar-refractivity contribution in [2.75, 3.05) is 33.6 Å². The lowest BCUT2D eigenvalue weighted by molar-refractivity contribution is -0.112. The molecule has 0 spiro atoms. The number of nitrogens with two attached hydrogens (primary N) is 4. The van der Waals surface area contributed by atoms with Crippen molar-refractivity contribution in [3.05, 3.63) is 104 Å². The summed E-state index contributed by atoms with van der Waals surface area (Å²) in [5, 5.41) is 14.9. The predicted octanol–water partition coefficient (Wildman–Crippen LogP) is 4.99. The van der Waals surface area contributed by atoms with Gasteiger partial charge in [-0.05, 0) is 82.9 Å². The van der Waals surface area contributed by atoms with E-state index in [1.165, 1.54) is 12.2 Å². The molecule has 4 rings (SSSR count). The number of rotatable bonds is 6. The summed E-state index contributed by atoms with van der Waals surface area (Å²) in [7, 11) is 0. The number of phenols is 1. The summed E-state index contributed by atoms with van der Waals surface area (Å²) >= 11 is 0. The van der Waals surface area contributed by atoms with Gasteiger partial charge in [-0.1, -0.05) is 43.5 Å². The predicted molar refractivity (Wildman–Crippen MR) is 161 cm³/mol. The lowest BCUT2D eigenvalue weighted by atomic mass is 10.0. The molecule has 0 aromatic heterocycles. The summed E-state index contributed by atoms with van der Waals surface area (Å²) in [6.45, 7) is 6.77. The van der Waals surface area contributed by atoms with Crippen LogP contribution in [-0.4, -0.2) is 16.9 Å². The number of nitrogen functional groups attached to an aromatic ring is 4. The SMILES string of the molecule is C=CC(=O)Nc1ccc(-c2ccc(N)c(O)c2)cc1N.C=CC(=O)Nc1ccc(-c2ccc(N)cc2)cc1N. The Kier molecular flexibility index (Phi) is 8.94. The van der Waals surface area contributed by atoms with E-state index in [2.05, 4.69) is 23.8 Å². The minimum atomic E-state index is -0.324. The van der Waals surface area contributed by atoms with Crippen LogP contribution in [0, 0.1) is 0 Å². The zero-order chi connectivity index (χ0) is 28.5. The molecule has 9 nitrogen and oxygen atoms in total. The molecule has 0 fully saturated rings. The van der Waals surface area contributed by atoms with Crippen LogP contribution in [0.15, 0.2) is 104 Å². The molecule has 4 aromatic carbocycles. The molecule has 198 valence electrons. The maximum atomic E-state index is 11.2. The number of amides is 2. The molecular formula is C30H30N6O3. The Morgan fingerprint density at radius 1 is 0.590 bits per heavy atom. The number of hydrogen-bond donors (Lipinski definition) is 7. The van der Waals surface area contributed by atoms with E-state index in [1.807, 2.05) is 36.4 Å². The first-order valence-corrected chi connectivity index (χ1v) is 11.7. The van der Waals surface area contributed by atoms with Crippen LogP contribution in [0.25, 0.3) is 22.3 Å². The van der Waals surface area contributed by atoms with Gasteiger partial charge in [0.05, 0.1) is 28.4 Å². The normalized spacial score (nSPS) is 9.95. The highest BCUT2D eigenvalue weighted by Crippen LogP contribution is 2.31. The number of nitrogens with one attached hydrogen (secondary N) is 2. The molecule has 39 heavy (non-hydrogen) atoms. The van der Waals surface area contributed by atoms with Crippen LogP contribution in [0.1, 0.15) is 0 Å². The van der Waals surface area contributed by atoms with E-state index in [4.69, 9.17) is 22.9 Å². The van der Waals surface area contributed by atoms with Gasteiger partial charge in [0.15, 0.2) is 0 Å². The van der Waals surface area contributed by atoms with Crippen molar-refractivity contribution in [1.82, 2.24) is 0 Å². The third-order valence-electron chi connectivity index (χ3n) is 5.60. The highest BCUT2D eigenvalue weighted by Gasteiger charge is 2.07. The van der Waals surface area contributed by atoms with Gasteiger partial charge in [-0.3, -0.25) is 9.59 Å². The van der Waals surface area contributed by atoms with E-state index >= 15 is 0 Å². The van der Waals surface area contributed by atoms with Crippen molar-refractivity contribution in [3.8, 4) is 28.0 Å². The second kappa shape index (κ2) is 12.5. The number of hydrogen-bond acceptors (Lipinski definition) is 7. The maximum absolute atomic E-state index is 11.2. The number of carbonyl (C=O) groups excluding carboxylic acids is 2. The van der Waals surface area contributed by atoms with Crippen molar-refractivity contribution in [2.45, 2.75) is 0 Å². The van der Waals surface area contributed by atoms with Gasteiger partial charge in [-0.2, -0.15) is 0 Å². The number of anilines is 6. The molecule has 0 unspecified atom stereocenters. The summed E-state index contributed by atoms with van der Waals surface area (Å²) in [6.07, 6.45) is 2.37. The van der Waals surface area contributed by atoms with Crippen LogP contribution in [0.5, 0.6) is 5.75 Å². The Bertz CT molecular complexity index is 1530. The average molecular weight is 523 g/mol. The molecule has 0 saturated heterocycles. The maximum Gasteiger partial charge on any atom is 0.247 e. The van der Waals surface area contributed by atoms with Gasteiger partial charge in [-0.25, -0.2) is 0 Å². The van der Waals surface area contributed by atoms with Crippen LogP contribution < -0.4 is 33.6 Å². The molecule has 2 amide bonds. The van der Waals surface area contributed by atoms with Crippen LogP contribution in [-0.2, 0) is 9.59 Å². The average Bonchev–Trinajstić information content (AvgIpc) is 2.93. The Labute approximate surface area is 226 Å². The highest BCUT2D eigenvalue weighted by molar-refractivity contribution is 6.02. The minimum Gasteiger partial charge on any atom is -0.506 e. The Morgan fingerprint density at radius 3 is 1.44 bits per heavy atom. The zero-order valence-corrected chi connectivity index (χ0v) is 21.1. The Morgan fingerprint density at radius 2 is 1.00 bits per heavy atom. The van der Waals surface area contributed by atoms with Crippen molar-refractivity contribution < 1.29 is 14.7 Å². The fourth-order valence-corrected chi connectivity index (χ4v) is 3.48. The fraction of sp³-hybridized carbons (Fsp3) is 0. The van der Waals surface area contributed by atoms with Crippen LogP contribution >= 0.6 is 0 Å². The van der Waals surface area contributed by atoms with E-state index in [0.717, 1.165) is 22.3 Å². The largest absolute Gasteiger partial charge is 0.506 e. The van der Waals surface area contributed by atoms with Gasteiger partial charge < -0.3 is 38.7 Å². The first-order valence-electron chi connectivity index (χ1n) is 11.7. The van der Waals surface area contributed by atoms with Crippen molar-refractivity contribution in [1.29, 1.82) is 0 Å². The monoisotopic (exact) mass is 522 g/mol. The van der Waals surface area contributed by atoms with E-state index in [-0.39, 0.29) is 17.6 Å².